The molecule has 5 heteroatoms. The molecule has 5 nitrogen and oxygen atoms in total. The van der Waals surface area contributed by atoms with Gasteiger partial charge in [-0.1, -0.05) is 30.3 Å². The van der Waals surface area contributed by atoms with Gasteiger partial charge in [-0.25, -0.2) is 0 Å². The van der Waals surface area contributed by atoms with Crippen LogP contribution in [0.3, 0.4) is 0 Å². The normalized spacial score (nSPS) is 11.1. The molecule has 1 atom stereocenters. The maximum absolute atomic E-state index is 11.5. The highest BCUT2D eigenvalue weighted by Gasteiger charge is 2.24. The van der Waals surface area contributed by atoms with Gasteiger partial charge in [0, 0.05) is 12.5 Å². The van der Waals surface area contributed by atoms with E-state index in [1.807, 2.05) is 0 Å². The standard InChI is InChI=1S/C11H10N2O3/c1-8(14)16-11(10(15)7-13-12)9-5-3-2-4-6-9/h2-7,11H,1H3. The molecule has 0 fully saturated rings. The number of carbonyl (C=O) groups is 2. The molecule has 0 bridgehead atoms. The Hall–Kier alpha value is -2.26. The van der Waals surface area contributed by atoms with Gasteiger partial charge in [0.05, 0.1) is 0 Å². The number of carbonyl (C=O) groups excluding carboxylic acids is 2. The van der Waals surface area contributed by atoms with Crippen molar-refractivity contribution in [3.05, 3.63) is 41.4 Å². The minimum Gasteiger partial charge on any atom is -0.449 e. The van der Waals surface area contributed by atoms with E-state index in [4.69, 9.17) is 10.3 Å². The average Bonchev–Trinajstić information content (AvgIpc) is 2.27. The van der Waals surface area contributed by atoms with E-state index in [-0.39, 0.29) is 0 Å². The lowest BCUT2D eigenvalue weighted by atomic mass is 10.1. The highest BCUT2D eigenvalue weighted by Crippen LogP contribution is 2.17. The number of rotatable bonds is 4. The third kappa shape index (κ3) is 3.15. The maximum atomic E-state index is 11.5. The Morgan fingerprint density at radius 1 is 1.38 bits per heavy atom. The molecule has 1 unspecified atom stereocenters. The number of benzene rings is 1. The minimum atomic E-state index is -1.06. The van der Waals surface area contributed by atoms with Gasteiger partial charge in [0.15, 0.2) is 6.10 Å². The van der Waals surface area contributed by atoms with E-state index in [0.717, 1.165) is 0 Å². The summed E-state index contributed by atoms with van der Waals surface area (Å²) in [6.45, 7) is 1.21. The smallest absolute Gasteiger partial charge is 0.327 e. The average molecular weight is 218 g/mol. The van der Waals surface area contributed by atoms with Crippen molar-refractivity contribution in [2.75, 3.05) is 0 Å². The van der Waals surface area contributed by atoms with Crippen LogP contribution in [0.1, 0.15) is 18.6 Å². The van der Waals surface area contributed by atoms with Crippen LogP contribution in [0.25, 0.3) is 5.53 Å². The third-order valence-electron chi connectivity index (χ3n) is 1.83. The first-order chi connectivity index (χ1) is 7.65. The monoisotopic (exact) mass is 218 g/mol. The molecule has 1 aromatic carbocycles. The second-order valence-corrected chi connectivity index (χ2v) is 3.05. The second kappa shape index (κ2) is 5.58. The van der Waals surface area contributed by atoms with Crippen LogP contribution in [0, 0.1) is 0 Å². The van der Waals surface area contributed by atoms with Gasteiger partial charge in [-0.05, 0) is 0 Å². The Labute approximate surface area is 92.3 Å². The molecule has 1 aromatic rings. The summed E-state index contributed by atoms with van der Waals surface area (Å²) in [7, 11) is 0. The van der Waals surface area contributed by atoms with Crippen molar-refractivity contribution in [3.8, 4) is 0 Å². The molecule has 0 N–H and O–H groups in total. The van der Waals surface area contributed by atoms with Gasteiger partial charge in [-0.3, -0.25) is 9.59 Å². The zero-order valence-corrected chi connectivity index (χ0v) is 8.66. The summed E-state index contributed by atoms with van der Waals surface area (Å²) < 4.78 is 4.86. The molecule has 0 amide bonds. The summed E-state index contributed by atoms with van der Waals surface area (Å²) in [4.78, 5) is 25.0. The van der Waals surface area contributed by atoms with Crippen LogP contribution in [0.4, 0.5) is 0 Å². The topological polar surface area (TPSA) is 79.8 Å². The molecule has 0 aliphatic heterocycles. The molecule has 0 aliphatic carbocycles. The zero-order valence-electron chi connectivity index (χ0n) is 8.66. The quantitative estimate of drug-likeness (QED) is 0.329. The van der Waals surface area contributed by atoms with Gasteiger partial charge in [-0.2, -0.15) is 4.79 Å². The number of esters is 1. The fourth-order valence-corrected chi connectivity index (χ4v) is 1.21. The molecule has 0 aromatic heterocycles. The summed E-state index contributed by atoms with van der Waals surface area (Å²) in [5.74, 6) is -1.17. The van der Waals surface area contributed by atoms with Crippen molar-refractivity contribution in [2.45, 2.75) is 13.0 Å². The second-order valence-electron chi connectivity index (χ2n) is 3.05. The molecule has 82 valence electrons. The van der Waals surface area contributed by atoms with Gasteiger partial charge in [0.1, 0.15) is 0 Å². The summed E-state index contributed by atoms with van der Waals surface area (Å²) >= 11 is 0. The molecular weight excluding hydrogens is 208 g/mol. The van der Waals surface area contributed by atoms with Crippen LogP contribution in [0.2, 0.25) is 0 Å². The molecule has 0 spiro atoms. The summed E-state index contributed by atoms with van der Waals surface area (Å²) in [6, 6.07) is 8.51. The number of ketones is 1. The summed E-state index contributed by atoms with van der Waals surface area (Å²) in [5, 5.41) is 0. The fourth-order valence-electron chi connectivity index (χ4n) is 1.21. The van der Waals surface area contributed by atoms with E-state index >= 15 is 0 Å². The van der Waals surface area contributed by atoms with Crippen LogP contribution in [-0.2, 0) is 14.3 Å². The van der Waals surface area contributed by atoms with Gasteiger partial charge < -0.3 is 10.3 Å². The largest absolute Gasteiger partial charge is 0.449 e. The van der Waals surface area contributed by atoms with Crippen molar-refractivity contribution >= 4 is 18.0 Å². The molecular formula is C11H10N2O3. The number of hydrogen-bond donors (Lipinski definition) is 0. The number of Topliss-reactive ketones (excluding diaryl/α,β-unsaturated/α-hetero) is 1. The van der Waals surface area contributed by atoms with Gasteiger partial charge in [-0.15, -0.1) is 0 Å². The lowest BCUT2D eigenvalue weighted by molar-refractivity contribution is -0.152. The van der Waals surface area contributed by atoms with E-state index in [9.17, 15) is 9.59 Å². The number of ether oxygens (including phenoxy) is 1. The van der Waals surface area contributed by atoms with Gasteiger partial charge in [0.2, 0.25) is 0 Å². The summed E-state index contributed by atoms with van der Waals surface area (Å²) in [5.41, 5.74) is 8.80. The van der Waals surface area contributed by atoms with Crippen molar-refractivity contribution in [1.82, 2.24) is 0 Å². The van der Waals surface area contributed by atoms with E-state index in [1.54, 1.807) is 30.3 Å². The Kier molecular flexibility index (Phi) is 4.12. The lowest BCUT2D eigenvalue weighted by Crippen LogP contribution is -2.19. The maximum Gasteiger partial charge on any atom is 0.327 e. The first-order valence-electron chi connectivity index (χ1n) is 4.58. The molecule has 0 saturated heterocycles. The van der Waals surface area contributed by atoms with Crippen molar-refractivity contribution in [3.63, 3.8) is 0 Å². The summed E-state index contributed by atoms with van der Waals surface area (Å²) in [6.07, 6.45) is -0.352. The zero-order chi connectivity index (χ0) is 12.0. The first kappa shape index (κ1) is 11.8. The van der Waals surface area contributed by atoms with Crippen LogP contribution < -0.4 is 0 Å². The number of hydrogen-bond acceptors (Lipinski definition) is 3. The van der Waals surface area contributed by atoms with Crippen LogP contribution in [0.15, 0.2) is 30.3 Å². The van der Waals surface area contributed by atoms with Crippen LogP contribution in [0.5, 0.6) is 0 Å². The highest BCUT2D eigenvalue weighted by atomic mass is 16.5. The molecule has 0 radical (unpaired) electrons. The third-order valence-corrected chi connectivity index (χ3v) is 1.83. The SMILES string of the molecule is CC(=O)OC(C(=O)C=[N+]=[N-])c1ccccc1. The van der Waals surface area contributed by atoms with Gasteiger partial charge in [0.25, 0.3) is 5.78 Å². The molecule has 1 rings (SSSR count). The minimum absolute atomic E-state index is 0.530. The fraction of sp³-hybridized carbons (Fsp3) is 0.182. The molecule has 0 heterocycles. The van der Waals surface area contributed by atoms with Crippen molar-refractivity contribution in [1.29, 1.82) is 0 Å². The predicted octanol–water partition coefficient (Wildman–Crippen LogP) is 1.16. The Morgan fingerprint density at radius 3 is 2.50 bits per heavy atom. The van der Waals surface area contributed by atoms with Crippen molar-refractivity contribution in [2.24, 2.45) is 0 Å². The van der Waals surface area contributed by atoms with E-state index in [1.165, 1.54) is 6.92 Å². The van der Waals surface area contributed by atoms with E-state index in [2.05, 4.69) is 4.79 Å². The highest BCUT2D eigenvalue weighted by molar-refractivity contribution is 6.27. The Balaban J connectivity index is 3.00. The van der Waals surface area contributed by atoms with E-state index < -0.39 is 17.9 Å². The van der Waals surface area contributed by atoms with Crippen molar-refractivity contribution < 1.29 is 19.1 Å². The first-order valence-corrected chi connectivity index (χ1v) is 4.58. The van der Waals surface area contributed by atoms with E-state index in [0.29, 0.717) is 11.8 Å². The molecule has 16 heavy (non-hydrogen) atoms. The Bertz CT molecular complexity index is 436. The van der Waals surface area contributed by atoms with Crippen LogP contribution in [-0.4, -0.2) is 22.8 Å². The molecule has 0 aliphatic rings. The predicted molar refractivity (Wildman–Crippen MR) is 55.6 cm³/mol. The van der Waals surface area contributed by atoms with Crippen LogP contribution >= 0.6 is 0 Å². The molecule has 0 saturated carbocycles. The Morgan fingerprint density at radius 2 is 2.00 bits per heavy atom. The van der Waals surface area contributed by atoms with Gasteiger partial charge >= 0.3 is 12.2 Å². The lowest BCUT2D eigenvalue weighted by Gasteiger charge is -2.12. The number of nitrogens with zero attached hydrogens (tertiary/aromatic N) is 2.